The van der Waals surface area contributed by atoms with Crippen molar-refractivity contribution in [1.29, 1.82) is 0 Å². The molecule has 0 saturated carbocycles. The minimum absolute atomic E-state index is 0.994. The zero-order chi connectivity index (χ0) is 13.5. The summed E-state index contributed by atoms with van der Waals surface area (Å²) in [6, 6.07) is 15.1. The maximum Gasteiger partial charge on any atom is 0.0942 e. The van der Waals surface area contributed by atoms with Crippen molar-refractivity contribution in [2.24, 2.45) is 0 Å². The molecule has 4 rings (SSSR count). The Labute approximate surface area is 123 Å². The topological polar surface area (TPSA) is 26.0 Å². The highest BCUT2D eigenvalue weighted by molar-refractivity contribution is 7.16. The fourth-order valence-corrected chi connectivity index (χ4v) is 4.50. The van der Waals surface area contributed by atoms with Crippen LogP contribution >= 0.6 is 11.3 Å². The summed E-state index contributed by atoms with van der Waals surface area (Å²) in [7, 11) is 0. The SMILES string of the molecule is Nc1sc2c(c1-c1cccc3ccccc13)CCCC2. The minimum Gasteiger partial charge on any atom is -0.390 e. The third kappa shape index (κ3) is 1.75. The molecule has 2 aromatic carbocycles. The van der Waals surface area contributed by atoms with Gasteiger partial charge in [0, 0.05) is 10.4 Å². The van der Waals surface area contributed by atoms with E-state index in [4.69, 9.17) is 5.73 Å². The lowest BCUT2D eigenvalue weighted by molar-refractivity contribution is 0.698. The molecule has 1 aromatic heterocycles. The van der Waals surface area contributed by atoms with E-state index in [1.165, 1.54) is 58.0 Å². The maximum absolute atomic E-state index is 6.36. The number of thiophene rings is 1. The summed E-state index contributed by atoms with van der Waals surface area (Å²) >= 11 is 1.80. The van der Waals surface area contributed by atoms with Crippen LogP contribution in [0.4, 0.5) is 5.00 Å². The van der Waals surface area contributed by atoms with Gasteiger partial charge in [-0.2, -0.15) is 0 Å². The fraction of sp³-hybridized carbons (Fsp3) is 0.222. The second kappa shape index (κ2) is 4.64. The zero-order valence-corrected chi connectivity index (χ0v) is 12.2. The van der Waals surface area contributed by atoms with Crippen molar-refractivity contribution in [3.63, 3.8) is 0 Å². The average molecular weight is 279 g/mol. The monoisotopic (exact) mass is 279 g/mol. The van der Waals surface area contributed by atoms with E-state index >= 15 is 0 Å². The average Bonchev–Trinajstić information content (AvgIpc) is 2.82. The van der Waals surface area contributed by atoms with E-state index in [1.807, 2.05) is 0 Å². The lowest BCUT2D eigenvalue weighted by Gasteiger charge is -2.14. The number of rotatable bonds is 1. The van der Waals surface area contributed by atoms with Crippen LogP contribution in [0.25, 0.3) is 21.9 Å². The van der Waals surface area contributed by atoms with Crippen LogP contribution in [0.5, 0.6) is 0 Å². The number of aryl methyl sites for hydroxylation is 1. The summed E-state index contributed by atoms with van der Waals surface area (Å²) in [5.41, 5.74) is 10.5. The van der Waals surface area contributed by atoms with E-state index < -0.39 is 0 Å². The van der Waals surface area contributed by atoms with E-state index in [9.17, 15) is 0 Å². The first-order chi connectivity index (χ1) is 9.84. The zero-order valence-electron chi connectivity index (χ0n) is 11.4. The molecule has 1 aliphatic rings. The molecule has 0 spiro atoms. The predicted molar refractivity (Wildman–Crippen MR) is 88.3 cm³/mol. The molecular formula is C18H17NS. The van der Waals surface area contributed by atoms with Crippen molar-refractivity contribution in [2.75, 3.05) is 5.73 Å². The Bertz CT molecular complexity index is 780. The number of benzene rings is 2. The summed E-state index contributed by atoms with van der Waals surface area (Å²) < 4.78 is 0. The molecule has 2 heteroatoms. The summed E-state index contributed by atoms with van der Waals surface area (Å²) in [5, 5.41) is 3.60. The standard InChI is InChI=1S/C18H17NS/c19-18-17(15-9-3-4-11-16(15)20-18)14-10-5-7-12-6-1-2-8-13(12)14/h1-2,5-8,10H,3-4,9,11,19H2. The van der Waals surface area contributed by atoms with Crippen LogP contribution in [0.1, 0.15) is 23.3 Å². The number of fused-ring (bicyclic) bond motifs is 2. The smallest absolute Gasteiger partial charge is 0.0942 e. The van der Waals surface area contributed by atoms with Crippen LogP contribution in [0.2, 0.25) is 0 Å². The predicted octanol–water partition coefficient (Wildman–Crippen LogP) is 5.03. The largest absolute Gasteiger partial charge is 0.390 e. The van der Waals surface area contributed by atoms with E-state index in [0.29, 0.717) is 0 Å². The summed E-state index contributed by atoms with van der Waals surface area (Å²) in [6.45, 7) is 0. The number of hydrogen-bond acceptors (Lipinski definition) is 2. The van der Waals surface area contributed by atoms with Gasteiger partial charge in [-0.3, -0.25) is 0 Å². The lowest BCUT2D eigenvalue weighted by atomic mass is 9.90. The number of nitrogen functional groups attached to an aromatic ring is 1. The van der Waals surface area contributed by atoms with Crippen LogP contribution in [0.3, 0.4) is 0 Å². The normalized spacial score (nSPS) is 14.4. The van der Waals surface area contributed by atoms with Gasteiger partial charge >= 0.3 is 0 Å². The van der Waals surface area contributed by atoms with Crippen molar-refractivity contribution in [1.82, 2.24) is 0 Å². The van der Waals surface area contributed by atoms with E-state index in [0.717, 1.165) is 5.00 Å². The Hall–Kier alpha value is -1.80. The molecule has 0 radical (unpaired) electrons. The Morgan fingerprint density at radius 3 is 2.65 bits per heavy atom. The van der Waals surface area contributed by atoms with Gasteiger partial charge in [-0.25, -0.2) is 0 Å². The van der Waals surface area contributed by atoms with Crippen molar-refractivity contribution in [3.05, 3.63) is 52.9 Å². The molecule has 0 fully saturated rings. The summed E-state index contributed by atoms with van der Waals surface area (Å²) in [6.07, 6.45) is 4.99. The van der Waals surface area contributed by atoms with Crippen LogP contribution in [-0.2, 0) is 12.8 Å². The molecule has 0 aliphatic heterocycles. The van der Waals surface area contributed by atoms with Crippen molar-refractivity contribution in [3.8, 4) is 11.1 Å². The molecular weight excluding hydrogens is 262 g/mol. The van der Waals surface area contributed by atoms with Gasteiger partial charge in [0.15, 0.2) is 0 Å². The van der Waals surface area contributed by atoms with Gasteiger partial charge in [-0.1, -0.05) is 42.5 Å². The Kier molecular flexibility index (Phi) is 2.78. The number of nitrogens with two attached hydrogens (primary N) is 1. The van der Waals surface area contributed by atoms with Gasteiger partial charge in [0.2, 0.25) is 0 Å². The molecule has 3 aromatic rings. The Morgan fingerprint density at radius 1 is 0.900 bits per heavy atom. The molecule has 1 heterocycles. The Morgan fingerprint density at radius 2 is 1.70 bits per heavy atom. The van der Waals surface area contributed by atoms with Crippen LogP contribution in [0.15, 0.2) is 42.5 Å². The first-order valence-electron chi connectivity index (χ1n) is 7.23. The van der Waals surface area contributed by atoms with Gasteiger partial charge < -0.3 is 5.73 Å². The summed E-state index contributed by atoms with van der Waals surface area (Å²) in [5.74, 6) is 0. The molecule has 20 heavy (non-hydrogen) atoms. The first kappa shape index (κ1) is 12.0. The Balaban J connectivity index is 2.02. The van der Waals surface area contributed by atoms with Crippen LogP contribution < -0.4 is 5.73 Å². The second-order valence-corrected chi connectivity index (χ2v) is 6.61. The van der Waals surface area contributed by atoms with E-state index in [1.54, 1.807) is 11.3 Å². The van der Waals surface area contributed by atoms with E-state index in [-0.39, 0.29) is 0 Å². The minimum atomic E-state index is 0.994. The highest BCUT2D eigenvalue weighted by Crippen LogP contribution is 2.44. The number of hydrogen-bond donors (Lipinski definition) is 1. The van der Waals surface area contributed by atoms with Crippen LogP contribution in [-0.4, -0.2) is 0 Å². The lowest BCUT2D eigenvalue weighted by Crippen LogP contribution is -2.00. The molecule has 0 atom stereocenters. The molecule has 1 nitrogen and oxygen atoms in total. The summed E-state index contributed by atoms with van der Waals surface area (Å²) in [4.78, 5) is 1.51. The van der Waals surface area contributed by atoms with Gasteiger partial charge in [-0.05, 0) is 47.6 Å². The molecule has 1 aliphatic carbocycles. The third-order valence-corrected chi connectivity index (χ3v) is 5.38. The highest BCUT2D eigenvalue weighted by Gasteiger charge is 2.21. The van der Waals surface area contributed by atoms with Crippen LogP contribution in [0, 0.1) is 0 Å². The highest BCUT2D eigenvalue weighted by atomic mass is 32.1. The molecule has 2 N–H and O–H groups in total. The molecule has 100 valence electrons. The first-order valence-corrected chi connectivity index (χ1v) is 8.04. The quantitative estimate of drug-likeness (QED) is 0.664. The second-order valence-electron chi connectivity index (χ2n) is 5.48. The molecule has 0 bridgehead atoms. The molecule has 0 amide bonds. The van der Waals surface area contributed by atoms with Crippen molar-refractivity contribution in [2.45, 2.75) is 25.7 Å². The molecule has 0 saturated heterocycles. The van der Waals surface area contributed by atoms with E-state index in [2.05, 4.69) is 42.5 Å². The van der Waals surface area contributed by atoms with Crippen molar-refractivity contribution < 1.29 is 0 Å². The van der Waals surface area contributed by atoms with Gasteiger partial charge in [0.1, 0.15) is 0 Å². The molecule has 0 unspecified atom stereocenters. The maximum atomic E-state index is 6.36. The number of anilines is 1. The van der Waals surface area contributed by atoms with Gasteiger partial charge in [-0.15, -0.1) is 11.3 Å². The van der Waals surface area contributed by atoms with Crippen molar-refractivity contribution >= 4 is 27.1 Å². The third-order valence-electron chi connectivity index (χ3n) is 4.26. The van der Waals surface area contributed by atoms with Gasteiger partial charge in [0.05, 0.1) is 5.00 Å². The fourth-order valence-electron chi connectivity index (χ4n) is 3.33. The van der Waals surface area contributed by atoms with Gasteiger partial charge in [0.25, 0.3) is 0 Å².